The van der Waals surface area contributed by atoms with Gasteiger partial charge in [-0.1, -0.05) is 157 Å². The lowest BCUT2D eigenvalue weighted by atomic mass is 10.1. The van der Waals surface area contributed by atoms with Crippen molar-refractivity contribution in [2.24, 2.45) is 0 Å². The van der Waals surface area contributed by atoms with Gasteiger partial charge in [-0.05, 0) is 77.0 Å². The molecule has 0 radical (unpaired) electrons. The Morgan fingerprint density at radius 2 is 1.13 bits per heavy atom. The first-order chi connectivity index (χ1) is 29.4. The average Bonchev–Trinajstić information content (AvgIpc) is 3.21. The summed E-state index contributed by atoms with van der Waals surface area (Å²) in [5.74, 6) is -0.902. The fourth-order valence-electron chi connectivity index (χ4n) is 5.80. The van der Waals surface area contributed by atoms with E-state index in [1.54, 1.807) is 0 Å². The molecule has 0 saturated heterocycles. The Labute approximate surface area is 372 Å². The molecule has 0 fully saturated rings. The molecule has 0 heterocycles. The van der Waals surface area contributed by atoms with Crippen molar-refractivity contribution in [3.63, 3.8) is 0 Å². The molecule has 2 N–H and O–H groups in total. The third kappa shape index (κ3) is 45.0. The smallest absolute Gasteiger partial charge is 0.462 e. The Bertz CT molecular complexity index is 1330. The zero-order valence-corrected chi connectivity index (χ0v) is 39.9. The molecule has 0 aromatic carbocycles. The van der Waals surface area contributed by atoms with Crippen LogP contribution in [0.25, 0.3) is 0 Å². The fraction of sp³-hybridized carbons (Fsp3) is 0.680. The Hall–Kier alpha value is -2.85. The molecule has 0 saturated carbocycles. The minimum atomic E-state index is -4.41. The van der Waals surface area contributed by atoms with Crippen molar-refractivity contribution in [1.29, 1.82) is 0 Å². The number of esters is 2. The van der Waals surface area contributed by atoms with Crippen molar-refractivity contribution in [2.45, 2.75) is 174 Å². The molecule has 0 aromatic heterocycles. The Kier molecular flexibility index (Phi) is 39.3. The maximum atomic E-state index is 12.7. The maximum absolute atomic E-state index is 12.7. The molecular formula is C50H87NO9P+. The number of aliphatic hydroxyl groups excluding tert-OH is 1. The molecule has 3 atom stereocenters. The second-order valence-electron chi connectivity index (χ2n) is 16.6. The first kappa shape index (κ1) is 58.1. The highest BCUT2D eigenvalue weighted by Gasteiger charge is 2.27. The number of carbonyl (C=O) groups excluding carboxylic acids is 2. The average molecular weight is 877 g/mol. The van der Waals surface area contributed by atoms with E-state index in [2.05, 4.69) is 55.5 Å². The van der Waals surface area contributed by atoms with Crippen LogP contribution in [0.5, 0.6) is 0 Å². The van der Waals surface area contributed by atoms with Gasteiger partial charge in [0.1, 0.15) is 19.8 Å². The number of nitrogens with zero attached hydrogens (tertiary/aromatic N) is 1. The number of allylic oxidation sites excluding steroid dienone is 12. The standard InChI is InChI=1S/C50H86NO9P/c1-6-8-10-11-12-13-14-15-16-17-18-19-20-21-26-29-32-35-38-42-50(54)60-48(46-59-61(55,56)58-44-43-51(3,4)5)45-57-49(53)41-37-34-31-28-25-23-22-24-27-30-33-36-40-47(52)39-9-7-2/h9,12-13,15-16,22-23,27-28,30-31,33,36,39,47-48,52H,6-8,10-11,14,17-21,24-26,29,32,34-35,37-38,40-46H2,1-5H3/p+1/b13-12-,16-15-,23-22-,30-27-,31-28-,36-33+,39-9-/t47?,48-/m1/s1. The van der Waals surface area contributed by atoms with Gasteiger partial charge >= 0.3 is 19.8 Å². The monoisotopic (exact) mass is 877 g/mol. The number of likely N-dealkylation sites (N-methyl/N-ethyl adjacent to an activating group) is 1. The summed E-state index contributed by atoms with van der Waals surface area (Å²) in [6.07, 6.45) is 49.8. The molecule has 0 aliphatic carbocycles. The molecule has 0 aliphatic heterocycles. The Balaban J connectivity index is 4.45. The summed E-state index contributed by atoms with van der Waals surface area (Å²) in [5, 5.41) is 9.78. The number of rotatable bonds is 41. The number of aliphatic hydroxyl groups is 1. The van der Waals surface area contributed by atoms with Crippen LogP contribution in [0.4, 0.5) is 0 Å². The number of phosphoric ester groups is 1. The van der Waals surface area contributed by atoms with Gasteiger partial charge in [0.2, 0.25) is 0 Å². The van der Waals surface area contributed by atoms with Crippen molar-refractivity contribution in [1.82, 2.24) is 0 Å². The zero-order valence-electron chi connectivity index (χ0n) is 39.0. The van der Waals surface area contributed by atoms with Gasteiger partial charge in [-0.15, -0.1) is 0 Å². The molecule has 350 valence electrons. The lowest BCUT2D eigenvalue weighted by Crippen LogP contribution is -2.37. The van der Waals surface area contributed by atoms with Crippen molar-refractivity contribution in [3.8, 4) is 0 Å². The second-order valence-corrected chi connectivity index (χ2v) is 18.1. The highest BCUT2D eigenvalue weighted by molar-refractivity contribution is 7.47. The Morgan fingerprint density at radius 3 is 1.74 bits per heavy atom. The third-order valence-corrected chi connectivity index (χ3v) is 10.5. The molecule has 0 bridgehead atoms. The zero-order chi connectivity index (χ0) is 45.1. The van der Waals surface area contributed by atoms with E-state index in [9.17, 15) is 24.2 Å². The number of unbranched alkanes of at least 4 members (excludes halogenated alkanes) is 13. The van der Waals surface area contributed by atoms with Gasteiger partial charge in [0, 0.05) is 12.8 Å². The third-order valence-electron chi connectivity index (χ3n) is 9.48. The molecule has 0 rings (SSSR count). The van der Waals surface area contributed by atoms with Crippen LogP contribution in [0.15, 0.2) is 85.1 Å². The summed E-state index contributed by atoms with van der Waals surface area (Å²) in [7, 11) is 1.41. The van der Waals surface area contributed by atoms with E-state index in [0.29, 0.717) is 36.7 Å². The molecule has 11 heteroatoms. The highest BCUT2D eigenvalue weighted by atomic mass is 31.2. The summed E-state index contributed by atoms with van der Waals surface area (Å²) >= 11 is 0. The minimum absolute atomic E-state index is 0.0105. The second kappa shape index (κ2) is 41.2. The number of phosphoric acid groups is 1. The number of hydrogen-bond donors (Lipinski definition) is 2. The van der Waals surface area contributed by atoms with Gasteiger partial charge in [-0.25, -0.2) is 4.57 Å². The minimum Gasteiger partial charge on any atom is -0.462 e. The van der Waals surface area contributed by atoms with E-state index in [1.165, 1.54) is 57.8 Å². The first-order valence-electron chi connectivity index (χ1n) is 23.4. The number of carbonyl (C=O) groups is 2. The molecule has 61 heavy (non-hydrogen) atoms. The first-order valence-corrected chi connectivity index (χ1v) is 24.9. The molecule has 0 aromatic rings. The van der Waals surface area contributed by atoms with Crippen LogP contribution < -0.4 is 0 Å². The van der Waals surface area contributed by atoms with Crippen molar-refractivity contribution in [3.05, 3.63) is 85.1 Å². The van der Waals surface area contributed by atoms with E-state index >= 15 is 0 Å². The highest BCUT2D eigenvalue weighted by Crippen LogP contribution is 2.43. The van der Waals surface area contributed by atoms with Crippen LogP contribution in [0.2, 0.25) is 0 Å². The molecule has 0 aliphatic rings. The van der Waals surface area contributed by atoms with Gasteiger partial charge in [0.15, 0.2) is 6.10 Å². The van der Waals surface area contributed by atoms with Crippen LogP contribution in [0, 0.1) is 0 Å². The largest absolute Gasteiger partial charge is 0.472 e. The quantitative estimate of drug-likeness (QED) is 0.0154. The lowest BCUT2D eigenvalue weighted by molar-refractivity contribution is -0.870. The van der Waals surface area contributed by atoms with E-state index in [4.69, 9.17) is 18.5 Å². The number of hydrogen-bond acceptors (Lipinski definition) is 8. The van der Waals surface area contributed by atoms with E-state index in [1.807, 2.05) is 64.5 Å². The summed E-state index contributed by atoms with van der Waals surface area (Å²) in [5.41, 5.74) is 0. The fourth-order valence-corrected chi connectivity index (χ4v) is 6.55. The molecule has 2 unspecified atom stereocenters. The lowest BCUT2D eigenvalue weighted by Gasteiger charge is -2.24. The van der Waals surface area contributed by atoms with E-state index < -0.39 is 38.6 Å². The summed E-state index contributed by atoms with van der Waals surface area (Å²) in [6, 6.07) is 0. The van der Waals surface area contributed by atoms with Gasteiger partial charge in [0.25, 0.3) is 0 Å². The topological polar surface area (TPSA) is 129 Å². The van der Waals surface area contributed by atoms with Crippen LogP contribution in [0.1, 0.15) is 162 Å². The van der Waals surface area contributed by atoms with Crippen LogP contribution in [0.3, 0.4) is 0 Å². The van der Waals surface area contributed by atoms with E-state index in [-0.39, 0.29) is 26.1 Å². The number of ether oxygens (including phenoxy) is 2. The SMILES string of the molecule is CC/C=C\C(O)C/C=C/C=C\C/C=C\C/C=C\CCCC(=O)OC[C@H](COP(=O)(O)OCC[N+](C)(C)C)OC(=O)CCCCCCCCCCC/C=C\C/C=C\CCCCC. The van der Waals surface area contributed by atoms with Crippen molar-refractivity contribution >= 4 is 19.8 Å². The van der Waals surface area contributed by atoms with E-state index in [0.717, 1.165) is 51.4 Å². The summed E-state index contributed by atoms with van der Waals surface area (Å²) in [6.45, 7) is 4.06. The normalized spacial score (nSPS) is 14.8. The predicted molar refractivity (Wildman–Crippen MR) is 253 cm³/mol. The molecular weight excluding hydrogens is 790 g/mol. The van der Waals surface area contributed by atoms with Crippen LogP contribution in [-0.4, -0.2) is 86.1 Å². The molecule has 0 amide bonds. The van der Waals surface area contributed by atoms with Crippen LogP contribution in [-0.2, 0) is 32.7 Å². The predicted octanol–water partition coefficient (Wildman–Crippen LogP) is 12.5. The van der Waals surface area contributed by atoms with Gasteiger partial charge in [-0.2, -0.15) is 0 Å². The Morgan fingerprint density at radius 1 is 0.607 bits per heavy atom. The summed E-state index contributed by atoms with van der Waals surface area (Å²) < 4.78 is 34.3. The molecule has 10 nitrogen and oxygen atoms in total. The maximum Gasteiger partial charge on any atom is 0.472 e. The number of quaternary nitrogens is 1. The molecule has 0 spiro atoms. The van der Waals surface area contributed by atoms with Gasteiger partial charge in [0.05, 0.1) is 33.9 Å². The van der Waals surface area contributed by atoms with Gasteiger partial charge in [-0.3, -0.25) is 18.6 Å². The summed E-state index contributed by atoms with van der Waals surface area (Å²) in [4.78, 5) is 35.4. The van der Waals surface area contributed by atoms with Crippen molar-refractivity contribution < 1.29 is 47.2 Å². The van der Waals surface area contributed by atoms with Crippen LogP contribution >= 0.6 is 7.82 Å². The van der Waals surface area contributed by atoms with Crippen molar-refractivity contribution in [2.75, 3.05) is 47.5 Å². The van der Waals surface area contributed by atoms with Gasteiger partial charge < -0.3 is 24.0 Å².